The van der Waals surface area contributed by atoms with Crippen molar-refractivity contribution in [2.45, 2.75) is 20.3 Å². The predicted octanol–water partition coefficient (Wildman–Crippen LogP) is 5.04. The summed E-state index contributed by atoms with van der Waals surface area (Å²) in [7, 11) is 0. The molecule has 0 spiro atoms. The van der Waals surface area contributed by atoms with Crippen molar-refractivity contribution < 1.29 is 14.3 Å². The van der Waals surface area contributed by atoms with Gasteiger partial charge < -0.3 is 15.0 Å². The van der Waals surface area contributed by atoms with E-state index in [1.54, 1.807) is 4.90 Å². The van der Waals surface area contributed by atoms with Crippen molar-refractivity contribution in [1.82, 2.24) is 4.90 Å². The molecule has 174 valence electrons. The summed E-state index contributed by atoms with van der Waals surface area (Å²) < 4.78 is 5.34. The third-order valence-electron chi connectivity index (χ3n) is 6.74. The molecule has 0 aliphatic carbocycles. The summed E-state index contributed by atoms with van der Waals surface area (Å²) >= 11 is 0. The number of carbonyl (C=O) groups is 2. The highest BCUT2D eigenvalue weighted by Crippen LogP contribution is 2.33. The van der Waals surface area contributed by atoms with Crippen molar-refractivity contribution in [3.05, 3.63) is 82.9 Å². The standard InChI is InChI=1S/C28H29N3O3/c1-19-3-9-25(17-20(19)2)29-28(33)31-12-11-24-18-23(8-10-26(24)31)21-4-6-22(7-5-21)27(32)30-13-15-34-16-14-30/h3-10,17-18H,11-16H2,1-2H3,(H,29,33). The van der Waals surface area contributed by atoms with Crippen molar-refractivity contribution in [3.8, 4) is 11.1 Å². The summed E-state index contributed by atoms with van der Waals surface area (Å²) in [5.41, 5.74) is 8.11. The van der Waals surface area contributed by atoms with Gasteiger partial charge in [0.1, 0.15) is 0 Å². The monoisotopic (exact) mass is 455 g/mol. The van der Waals surface area contributed by atoms with Crippen LogP contribution in [-0.4, -0.2) is 49.7 Å². The molecule has 6 nitrogen and oxygen atoms in total. The van der Waals surface area contributed by atoms with E-state index in [9.17, 15) is 9.59 Å². The molecule has 0 aromatic heterocycles. The number of nitrogens with zero attached hydrogens (tertiary/aromatic N) is 2. The minimum absolute atomic E-state index is 0.0502. The van der Waals surface area contributed by atoms with Crippen LogP contribution in [0, 0.1) is 13.8 Å². The first-order valence-electron chi connectivity index (χ1n) is 11.8. The number of carbonyl (C=O) groups excluding carboxylic acids is 2. The van der Waals surface area contributed by atoms with Crippen LogP contribution < -0.4 is 10.2 Å². The highest BCUT2D eigenvalue weighted by molar-refractivity contribution is 6.03. The second-order valence-corrected chi connectivity index (χ2v) is 8.96. The fourth-order valence-corrected chi connectivity index (χ4v) is 4.56. The molecule has 2 heterocycles. The fourth-order valence-electron chi connectivity index (χ4n) is 4.56. The first-order chi connectivity index (χ1) is 16.5. The molecule has 34 heavy (non-hydrogen) atoms. The summed E-state index contributed by atoms with van der Waals surface area (Å²) in [5, 5.41) is 3.03. The Kier molecular flexibility index (Phi) is 6.07. The van der Waals surface area contributed by atoms with Crippen LogP contribution in [0.2, 0.25) is 0 Å². The highest BCUT2D eigenvalue weighted by Gasteiger charge is 2.25. The van der Waals surface area contributed by atoms with Crippen LogP contribution >= 0.6 is 0 Å². The van der Waals surface area contributed by atoms with Crippen LogP contribution in [0.15, 0.2) is 60.7 Å². The van der Waals surface area contributed by atoms with Gasteiger partial charge in [-0.05, 0) is 84.5 Å². The first-order valence-corrected chi connectivity index (χ1v) is 11.8. The molecule has 3 amide bonds. The molecule has 0 saturated carbocycles. The van der Waals surface area contributed by atoms with Crippen LogP contribution in [0.5, 0.6) is 0 Å². The average molecular weight is 456 g/mol. The topological polar surface area (TPSA) is 61.9 Å². The first kappa shape index (κ1) is 22.2. The van der Waals surface area contributed by atoms with Crippen LogP contribution in [0.25, 0.3) is 11.1 Å². The van der Waals surface area contributed by atoms with Gasteiger partial charge >= 0.3 is 6.03 Å². The molecule has 0 atom stereocenters. The van der Waals surface area contributed by atoms with Crippen molar-refractivity contribution in [1.29, 1.82) is 0 Å². The molecule has 1 saturated heterocycles. The van der Waals surface area contributed by atoms with E-state index in [-0.39, 0.29) is 11.9 Å². The number of rotatable bonds is 3. The molecular weight excluding hydrogens is 426 g/mol. The third-order valence-corrected chi connectivity index (χ3v) is 6.74. The van der Waals surface area contributed by atoms with Gasteiger partial charge in [0.25, 0.3) is 5.91 Å². The molecule has 2 aliphatic heterocycles. The molecule has 0 radical (unpaired) electrons. The Bertz CT molecular complexity index is 1230. The maximum atomic E-state index is 12.9. The van der Waals surface area contributed by atoms with Gasteiger partial charge in [0.05, 0.1) is 13.2 Å². The maximum Gasteiger partial charge on any atom is 0.326 e. The molecule has 2 aliphatic rings. The average Bonchev–Trinajstić information content (AvgIpc) is 3.30. The summed E-state index contributed by atoms with van der Waals surface area (Å²) in [6, 6.07) is 19.8. The Morgan fingerprint density at radius 3 is 2.29 bits per heavy atom. The van der Waals surface area contributed by atoms with Gasteiger partial charge in [-0.3, -0.25) is 9.69 Å². The molecule has 5 rings (SSSR count). The Morgan fingerprint density at radius 1 is 0.824 bits per heavy atom. The molecule has 1 N–H and O–H groups in total. The van der Waals surface area contributed by atoms with E-state index in [1.165, 1.54) is 5.56 Å². The molecule has 3 aromatic rings. The summed E-state index contributed by atoms with van der Waals surface area (Å²) in [6.07, 6.45) is 0.817. The number of hydrogen-bond donors (Lipinski definition) is 1. The van der Waals surface area contributed by atoms with Crippen molar-refractivity contribution in [3.63, 3.8) is 0 Å². The Labute approximate surface area is 200 Å². The van der Waals surface area contributed by atoms with Crippen LogP contribution in [0.4, 0.5) is 16.2 Å². The van der Waals surface area contributed by atoms with Gasteiger partial charge in [-0.1, -0.05) is 24.3 Å². The molecular formula is C28H29N3O3. The fraction of sp³-hybridized carbons (Fsp3) is 0.286. The van der Waals surface area contributed by atoms with Gasteiger partial charge in [0.2, 0.25) is 0 Å². The van der Waals surface area contributed by atoms with E-state index in [4.69, 9.17) is 4.74 Å². The van der Waals surface area contributed by atoms with E-state index in [2.05, 4.69) is 18.3 Å². The molecule has 3 aromatic carbocycles. The van der Waals surface area contributed by atoms with Crippen LogP contribution in [0.3, 0.4) is 0 Å². The zero-order valence-corrected chi connectivity index (χ0v) is 19.6. The molecule has 0 unspecified atom stereocenters. The van der Waals surface area contributed by atoms with Gasteiger partial charge in [0.15, 0.2) is 0 Å². The third kappa shape index (κ3) is 4.41. The molecule has 6 heteroatoms. The zero-order chi connectivity index (χ0) is 23.7. The number of anilines is 2. The number of benzene rings is 3. The van der Waals surface area contributed by atoms with Gasteiger partial charge in [-0.25, -0.2) is 4.79 Å². The Hall–Kier alpha value is -3.64. The lowest BCUT2D eigenvalue weighted by Gasteiger charge is -2.26. The minimum Gasteiger partial charge on any atom is -0.378 e. The van der Waals surface area contributed by atoms with E-state index in [0.717, 1.165) is 40.0 Å². The van der Waals surface area contributed by atoms with E-state index in [0.29, 0.717) is 38.4 Å². The minimum atomic E-state index is -0.110. The lowest BCUT2D eigenvalue weighted by Crippen LogP contribution is -2.40. The van der Waals surface area contributed by atoms with Crippen molar-refractivity contribution in [2.75, 3.05) is 43.1 Å². The van der Waals surface area contributed by atoms with Gasteiger partial charge in [0, 0.05) is 36.6 Å². The number of urea groups is 1. The van der Waals surface area contributed by atoms with Crippen LogP contribution in [-0.2, 0) is 11.2 Å². The maximum absolute atomic E-state index is 12.9. The summed E-state index contributed by atoms with van der Waals surface area (Å²) in [6.45, 7) is 7.23. The highest BCUT2D eigenvalue weighted by atomic mass is 16.5. The van der Waals surface area contributed by atoms with Gasteiger partial charge in [-0.2, -0.15) is 0 Å². The van der Waals surface area contributed by atoms with E-state index >= 15 is 0 Å². The lowest BCUT2D eigenvalue weighted by atomic mass is 10.0. The normalized spacial score (nSPS) is 15.2. The number of ether oxygens (including phenoxy) is 1. The summed E-state index contributed by atoms with van der Waals surface area (Å²) in [5.74, 6) is 0.0502. The summed E-state index contributed by atoms with van der Waals surface area (Å²) in [4.78, 5) is 29.3. The Balaban J connectivity index is 1.29. The van der Waals surface area contributed by atoms with Gasteiger partial charge in [-0.15, -0.1) is 0 Å². The number of nitrogens with one attached hydrogen (secondary N) is 1. The lowest BCUT2D eigenvalue weighted by molar-refractivity contribution is 0.0303. The molecule has 0 bridgehead atoms. The number of amides is 3. The van der Waals surface area contributed by atoms with Crippen LogP contribution in [0.1, 0.15) is 27.0 Å². The number of morpholine rings is 1. The second kappa shape index (κ2) is 9.31. The van der Waals surface area contributed by atoms with Crippen molar-refractivity contribution >= 4 is 23.3 Å². The smallest absolute Gasteiger partial charge is 0.326 e. The quantitative estimate of drug-likeness (QED) is 0.602. The Morgan fingerprint density at radius 2 is 1.56 bits per heavy atom. The number of fused-ring (bicyclic) bond motifs is 1. The number of aryl methyl sites for hydroxylation is 2. The second-order valence-electron chi connectivity index (χ2n) is 8.96. The van der Waals surface area contributed by atoms with Crippen molar-refractivity contribution in [2.24, 2.45) is 0 Å². The number of hydrogen-bond acceptors (Lipinski definition) is 3. The van der Waals surface area contributed by atoms with E-state index < -0.39 is 0 Å². The predicted molar refractivity (Wildman–Crippen MR) is 135 cm³/mol. The zero-order valence-electron chi connectivity index (χ0n) is 19.6. The SMILES string of the molecule is Cc1ccc(NC(=O)N2CCc3cc(-c4ccc(C(=O)N5CCOCC5)cc4)ccc32)cc1C. The molecule has 1 fully saturated rings. The van der Waals surface area contributed by atoms with E-state index in [1.807, 2.05) is 66.4 Å². The largest absolute Gasteiger partial charge is 0.378 e.